The van der Waals surface area contributed by atoms with Crippen LogP contribution in [-0.4, -0.2) is 25.2 Å². The van der Waals surface area contributed by atoms with Crippen LogP contribution in [0.25, 0.3) is 0 Å². The fourth-order valence-electron chi connectivity index (χ4n) is 3.62. The Morgan fingerprint density at radius 1 is 1.14 bits per heavy atom. The Morgan fingerprint density at radius 3 is 2.36 bits per heavy atom. The molecule has 1 unspecified atom stereocenters. The van der Waals surface area contributed by atoms with E-state index in [0.717, 1.165) is 41.1 Å². The Labute approximate surface area is 131 Å². The van der Waals surface area contributed by atoms with E-state index in [1.165, 1.54) is 0 Å². The van der Waals surface area contributed by atoms with Gasteiger partial charge in [0, 0.05) is 6.54 Å². The van der Waals surface area contributed by atoms with Gasteiger partial charge in [0.25, 0.3) is 10.0 Å². The fourth-order valence-corrected chi connectivity index (χ4v) is 5.11. The number of carbonyl (C=O) groups excluding carboxylic acids is 1. The van der Waals surface area contributed by atoms with E-state index in [4.69, 9.17) is 0 Å². The van der Waals surface area contributed by atoms with Crippen molar-refractivity contribution in [2.45, 2.75) is 43.9 Å². The van der Waals surface area contributed by atoms with Gasteiger partial charge >= 0.3 is 0 Å². The smallest absolute Gasteiger partial charge is 0.266 e. The molecule has 1 heterocycles. The molecule has 1 aromatic carbocycles. The lowest BCUT2D eigenvalue weighted by molar-refractivity contribution is -0.137. The number of carbonyl (C=O) groups is 1. The van der Waals surface area contributed by atoms with Gasteiger partial charge in [0.15, 0.2) is 0 Å². The van der Waals surface area contributed by atoms with Crippen molar-refractivity contribution in [3.8, 4) is 0 Å². The Hall–Kier alpha value is -1.62. The molecule has 0 bridgehead atoms. The third kappa shape index (κ3) is 2.19. The predicted octanol–water partition coefficient (Wildman–Crippen LogP) is 3.03. The lowest BCUT2D eigenvalue weighted by Crippen LogP contribution is -2.50. The van der Waals surface area contributed by atoms with E-state index in [-0.39, 0.29) is 17.3 Å². The fraction of sp³-hybridized carbons (Fsp3) is 0.471. The minimum absolute atomic E-state index is 0.187. The van der Waals surface area contributed by atoms with Crippen molar-refractivity contribution >= 4 is 15.9 Å². The number of aryl methyl sites for hydroxylation is 1. The van der Waals surface area contributed by atoms with Crippen molar-refractivity contribution in [3.05, 3.63) is 42.0 Å². The van der Waals surface area contributed by atoms with Crippen LogP contribution in [0, 0.1) is 12.3 Å². The van der Waals surface area contributed by atoms with Crippen LogP contribution in [0.3, 0.4) is 0 Å². The molecule has 1 saturated carbocycles. The maximum atomic E-state index is 12.9. The second-order valence-corrected chi connectivity index (χ2v) is 8.20. The molecule has 0 N–H and O–H groups in total. The maximum Gasteiger partial charge on any atom is 0.266 e. The van der Waals surface area contributed by atoms with Crippen molar-refractivity contribution in [1.29, 1.82) is 0 Å². The van der Waals surface area contributed by atoms with Gasteiger partial charge < -0.3 is 0 Å². The molecule has 5 heteroatoms. The number of sulfonamides is 1. The molecule has 1 aromatic rings. The van der Waals surface area contributed by atoms with Gasteiger partial charge in [-0.25, -0.2) is 12.7 Å². The molecule has 1 amide bonds. The van der Waals surface area contributed by atoms with Crippen molar-refractivity contribution in [2.24, 2.45) is 5.41 Å². The summed E-state index contributed by atoms with van der Waals surface area (Å²) in [5, 5.41) is 0. The molecule has 1 saturated heterocycles. The largest absolute Gasteiger partial charge is 0.273 e. The molecule has 1 atom stereocenters. The molecular formula is C17H21NO3S. The Balaban J connectivity index is 1.98. The summed E-state index contributed by atoms with van der Waals surface area (Å²) >= 11 is 0. The van der Waals surface area contributed by atoms with Gasteiger partial charge in [-0.2, -0.15) is 0 Å². The highest BCUT2D eigenvalue weighted by atomic mass is 32.2. The quantitative estimate of drug-likeness (QED) is 0.787. The van der Waals surface area contributed by atoms with Gasteiger partial charge in [-0.3, -0.25) is 4.79 Å². The molecule has 118 valence electrons. The van der Waals surface area contributed by atoms with Crippen LogP contribution in [0.1, 0.15) is 37.7 Å². The van der Waals surface area contributed by atoms with E-state index in [1.54, 1.807) is 24.3 Å². The van der Waals surface area contributed by atoms with Crippen molar-refractivity contribution < 1.29 is 13.2 Å². The van der Waals surface area contributed by atoms with E-state index in [0.29, 0.717) is 6.42 Å². The number of rotatable bonds is 2. The van der Waals surface area contributed by atoms with Crippen LogP contribution in [0.4, 0.5) is 0 Å². The first-order chi connectivity index (χ1) is 10.4. The van der Waals surface area contributed by atoms with Crippen molar-refractivity contribution in [1.82, 2.24) is 4.31 Å². The molecule has 2 fully saturated rings. The van der Waals surface area contributed by atoms with Crippen molar-refractivity contribution in [2.75, 3.05) is 6.54 Å². The SMILES string of the molecule is C=C1CCCC12CCCN(S(=O)(=O)c1ccc(C)cc1)C2=O. The average Bonchev–Trinajstić information content (AvgIpc) is 2.84. The van der Waals surface area contributed by atoms with Crippen LogP contribution < -0.4 is 0 Å². The maximum absolute atomic E-state index is 12.9. The number of hydrogen-bond acceptors (Lipinski definition) is 3. The summed E-state index contributed by atoms with van der Waals surface area (Å²) in [4.78, 5) is 13.1. The Bertz CT molecular complexity index is 721. The summed E-state index contributed by atoms with van der Waals surface area (Å²) in [6, 6.07) is 6.66. The van der Waals surface area contributed by atoms with Gasteiger partial charge in [0.2, 0.25) is 5.91 Å². The molecule has 0 aromatic heterocycles. The van der Waals surface area contributed by atoms with E-state index >= 15 is 0 Å². The summed E-state index contributed by atoms with van der Waals surface area (Å²) in [6.45, 7) is 6.21. The van der Waals surface area contributed by atoms with Crippen LogP contribution in [0.2, 0.25) is 0 Å². The topological polar surface area (TPSA) is 54.5 Å². The first-order valence-corrected chi connectivity index (χ1v) is 9.14. The second kappa shape index (κ2) is 5.23. The van der Waals surface area contributed by atoms with E-state index < -0.39 is 15.4 Å². The molecule has 2 aliphatic rings. The molecular weight excluding hydrogens is 298 g/mol. The summed E-state index contributed by atoms with van der Waals surface area (Å²) in [5.74, 6) is -0.276. The monoisotopic (exact) mass is 319 g/mol. The van der Waals surface area contributed by atoms with Gasteiger partial charge in [0.05, 0.1) is 10.3 Å². The highest BCUT2D eigenvalue weighted by Gasteiger charge is 2.51. The minimum Gasteiger partial charge on any atom is -0.273 e. The average molecular weight is 319 g/mol. The molecule has 4 nitrogen and oxygen atoms in total. The molecule has 0 radical (unpaired) electrons. The lowest BCUT2D eigenvalue weighted by Gasteiger charge is -2.39. The lowest BCUT2D eigenvalue weighted by atomic mass is 9.76. The van der Waals surface area contributed by atoms with Gasteiger partial charge in [-0.05, 0) is 51.2 Å². The number of amides is 1. The summed E-state index contributed by atoms with van der Waals surface area (Å²) in [7, 11) is -3.77. The highest BCUT2D eigenvalue weighted by molar-refractivity contribution is 7.89. The third-order valence-electron chi connectivity index (χ3n) is 4.97. The zero-order valence-electron chi connectivity index (χ0n) is 12.8. The van der Waals surface area contributed by atoms with Gasteiger partial charge in [0.1, 0.15) is 0 Å². The Morgan fingerprint density at radius 2 is 1.77 bits per heavy atom. The van der Waals surface area contributed by atoms with Crippen LogP contribution >= 0.6 is 0 Å². The summed E-state index contributed by atoms with van der Waals surface area (Å²) in [5.41, 5.74) is 1.25. The molecule has 1 aliphatic heterocycles. The van der Waals surface area contributed by atoms with Crippen LogP contribution in [-0.2, 0) is 14.8 Å². The second-order valence-electron chi connectivity index (χ2n) is 6.34. The normalized spacial score (nSPS) is 26.0. The van der Waals surface area contributed by atoms with Gasteiger partial charge in [-0.15, -0.1) is 0 Å². The zero-order valence-corrected chi connectivity index (χ0v) is 13.7. The summed E-state index contributed by atoms with van der Waals surface area (Å²) < 4.78 is 26.7. The number of benzene rings is 1. The highest BCUT2D eigenvalue weighted by Crippen LogP contribution is 2.49. The van der Waals surface area contributed by atoms with E-state index in [2.05, 4.69) is 6.58 Å². The summed E-state index contributed by atoms with van der Waals surface area (Å²) in [6.07, 6.45) is 3.90. The van der Waals surface area contributed by atoms with E-state index in [1.807, 2.05) is 6.92 Å². The Kier molecular flexibility index (Phi) is 3.63. The zero-order chi connectivity index (χ0) is 16.0. The number of piperidine rings is 1. The number of nitrogens with zero attached hydrogens (tertiary/aromatic N) is 1. The molecule has 1 aliphatic carbocycles. The minimum atomic E-state index is -3.77. The predicted molar refractivity (Wildman–Crippen MR) is 84.7 cm³/mol. The van der Waals surface area contributed by atoms with Crippen LogP contribution in [0.5, 0.6) is 0 Å². The standard InChI is InChI=1S/C17H21NO3S/c1-13-6-8-15(9-7-13)22(20,21)18-12-4-11-17(16(18)19)10-3-5-14(17)2/h6-9H,2-5,10-12H2,1H3. The van der Waals surface area contributed by atoms with Crippen LogP contribution in [0.15, 0.2) is 41.3 Å². The first kappa shape index (κ1) is 15.3. The third-order valence-corrected chi connectivity index (χ3v) is 6.77. The molecule has 1 spiro atoms. The van der Waals surface area contributed by atoms with Crippen molar-refractivity contribution in [3.63, 3.8) is 0 Å². The molecule has 22 heavy (non-hydrogen) atoms. The first-order valence-electron chi connectivity index (χ1n) is 7.70. The number of hydrogen-bond donors (Lipinski definition) is 0. The molecule has 3 rings (SSSR count). The van der Waals surface area contributed by atoms with E-state index in [9.17, 15) is 13.2 Å². The van der Waals surface area contributed by atoms with Gasteiger partial charge in [-0.1, -0.05) is 29.8 Å².